The molecule has 0 saturated carbocycles. The number of rotatable bonds is 8. The highest BCUT2D eigenvalue weighted by molar-refractivity contribution is 5.35. The smallest absolute Gasteiger partial charge is 0.124 e. The predicted octanol–water partition coefficient (Wildman–Crippen LogP) is 6.14. The van der Waals surface area contributed by atoms with E-state index in [0.717, 1.165) is 17.9 Å². The van der Waals surface area contributed by atoms with E-state index in [4.69, 9.17) is 4.74 Å². The van der Waals surface area contributed by atoms with Gasteiger partial charge in [0.05, 0.1) is 6.04 Å². The van der Waals surface area contributed by atoms with Crippen molar-refractivity contribution in [3.8, 4) is 5.75 Å². The van der Waals surface area contributed by atoms with Gasteiger partial charge in [-0.05, 0) is 22.8 Å². The predicted molar refractivity (Wildman–Crippen MR) is 119 cm³/mol. The van der Waals surface area contributed by atoms with Crippen molar-refractivity contribution in [3.63, 3.8) is 0 Å². The average Bonchev–Trinajstić information content (AvgIpc) is 2.81. The molecule has 0 unspecified atom stereocenters. The summed E-state index contributed by atoms with van der Waals surface area (Å²) in [5, 5.41) is 3.73. The van der Waals surface area contributed by atoms with Gasteiger partial charge in [0.15, 0.2) is 0 Å². The van der Waals surface area contributed by atoms with E-state index in [2.05, 4.69) is 90.2 Å². The van der Waals surface area contributed by atoms with Crippen molar-refractivity contribution in [2.45, 2.75) is 19.2 Å². The van der Waals surface area contributed by atoms with E-state index in [1.54, 1.807) is 0 Å². The van der Waals surface area contributed by atoms with Crippen molar-refractivity contribution in [3.05, 3.63) is 138 Å². The van der Waals surface area contributed by atoms with Crippen LogP contribution in [0.2, 0.25) is 0 Å². The molecule has 0 amide bonds. The lowest BCUT2D eigenvalue weighted by molar-refractivity contribution is 0.302. The Bertz CT molecular complexity index is 961. The Kier molecular flexibility index (Phi) is 6.36. The molecule has 2 heteroatoms. The summed E-state index contributed by atoms with van der Waals surface area (Å²) in [7, 11) is 0. The van der Waals surface area contributed by atoms with Crippen LogP contribution in [0.25, 0.3) is 0 Å². The van der Waals surface area contributed by atoms with Gasteiger partial charge in [0.25, 0.3) is 0 Å². The molecule has 0 aliphatic heterocycles. The largest absolute Gasteiger partial charge is 0.489 e. The third-order valence-corrected chi connectivity index (χ3v) is 4.97. The van der Waals surface area contributed by atoms with Gasteiger partial charge in [0.2, 0.25) is 0 Å². The van der Waals surface area contributed by atoms with Gasteiger partial charge >= 0.3 is 0 Å². The monoisotopic (exact) mass is 379 g/mol. The maximum Gasteiger partial charge on any atom is 0.124 e. The number of benzene rings is 4. The average molecular weight is 380 g/mol. The normalized spacial score (nSPS) is 10.8. The van der Waals surface area contributed by atoms with Crippen molar-refractivity contribution < 1.29 is 4.74 Å². The molecule has 29 heavy (non-hydrogen) atoms. The van der Waals surface area contributed by atoms with E-state index in [-0.39, 0.29) is 6.04 Å². The summed E-state index contributed by atoms with van der Waals surface area (Å²) in [6.45, 7) is 1.29. The second-order valence-electron chi connectivity index (χ2n) is 7.02. The minimum Gasteiger partial charge on any atom is -0.489 e. The molecule has 0 fully saturated rings. The Morgan fingerprint density at radius 2 is 1.10 bits per heavy atom. The van der Waals surface area contributed by atoms with Crippen LogP contribution in [0.1, 0.15) is 28.3 Å². The fourth-order valence-electron chi connectivity index (χ4n) is 3.46. The van der Waals surface area contributed by atoms with Gasteiger partial charge in [0, 0.05) is 12.1 Å². The quantitative estimate of drug-likeness (QED) is 0.397. The summed E-state index contributed by atoms with van der Waals surface area (Å²) in [5.74, 6) is 0.920. The third-order valence-electron chi connectivity index (χ3n) is 4.97. The van der Waals surface area contributed by atoms with E-state index in [0.29, 0.717) is 6.61 Å². The Hall–Kier alpha value is -3.36. The van der Waals surface area contributed by atoms with Crippen molar-refractivity contribution in [1.82, 2.24) is 5.32 Å². The molecule has 0 heterocycles. The standard InChI is InChI=1S/C27H25NO/c1-4-12-22(13-5-1)21-29-26-19-11-10-18-25(26)20-28-27(23-14-6-2-7-15-23)24-16-8-3-9-17-24/h1-19,27-28H,20-21H2. The summed E-state index contributed by atoms with van der Waals surface area (Å²) in [5.41, 5.74) is 4.82. The molecule has 4 aromatic rings. The first-order valence-electron chi connectivity index (χ1n) is 9.98. The molecule has 1 N–H and O–H groups in total. The summed E-state index contributed by atoms with van der Waals surface area (Å²) in [6.07, 6.45) is 0. The second-order valence-corrected chi connectivity index (χ2v) is 7.02. The molecule has 0 atom stereocenters. The lowest BCUT2D eigenvalue weighted by atomic mass is 9.98. The SMILES string of the molecule is c1ccc(COc2ccccc2CNC(c2ccccc2)c2ccccc2)cc1. The molecule has 0 aromatic heterocycles. The summed E-state index contributed by atoms with van der Waals surface area (Å²) >= 11 is 0. The first-order valence-corrected chi connectivity index (χ1v) is 9.98. The van der Waals surface area contributed by atoms with Crippen LogP contribution in [0, 0.1) is 0 Å². The number of hydrogen-bond acceptors (Lipinski definition) is 2. The van der Waals surface area contributed by atoms with Gasteiger partial charge in [-0.1, -0.05) is 109 Å². The van der Waals surface area contributed by atoms with Crippen molar-refractivity contribution in [1.29, 1.82) is 0 Å². The highest BCUT2D eigenvalue weighted by Crippen LogP contribution is 2.25. The molecule has 0 aliphatic rings. The van der Waals surface area contributed by atoms with Gasteiger partial charge in [-0.2, -0.15) is 0 Å². The molecule has 2 nitrogen and oxygen atoms in total. The summed E-state index contributed by atoms with van der Waals surface area (Å²) < 4.78 is 6.13. The van der Waals surface area contributed by atoms with E-state index in [1.165, 1.54) is 16.7 Å². The second kappa shape index (κ2) is 9.72. The minimum atomic E-state index is 0.125. The van der Waals surface area contributed by atoms with Gasteiger partial charge < -0.3 is 10.1 Å². The highest BCUT2D eigenvalue weighted by atomic mass is 16.5. The fraction of sp³-hybridized carbons (Fsp3) is 0.111. The van der Waals surface area contributed by atoms with Crippen LogP contribution in [0.3, 0.4) is 0 Å². The van der Waals surface area contributed by atoms with Gasteiger partial charge in [-0.3, -0.25) is 0 Å². The van der Waals surface area contributed by atoms with E-state index < -0.39 is 0 Å². The zero-order valence-electron chi connectivity index (χ0n) is 16.4. The summed E-state index contributed by atoms with van der Waals surface area (Å²) in [4.78, 5) is 0. The van der Waals surface area contributed by atoms with E-state index in [1.807, 2.05) is 30.3 Å². The van der Waals surface area contributed by atoms with Crippen LogP contribution in [0.5, 0.6) is 5.75 Å². The Morgan fingerprint density at radius 3 is 1.72 bits per heavy atom. The number of hydrogen-bond donors (Lipinski definition) is 1. The maximum atomic E-state index is 6.13. The molecular weight excluding hydrogens is 354 g/mol. The Morgan fingerprint density at radius 1 is 0.586 bits per heavy atom. The topological polar surface area (TPSA) is 21.3 Å². The van der Waals surface area contributed by atoms with Crippen LogP contribution in [0.15, 0.2) is 115 Å². The fourth-order valence-corrected chi connectivity index (χ4v) is 3.46. The molecular formula is C27H25NO. The molecule has 0 spiro atoms. The van der Waals surface area contributed by atoms with Crippen LogP contribution in [-0.4, -0.2) is 0 Å². The number of para-hydroxylation sites is 1. The molecule has 144 valence electrons. The highest BCUT2D eigenvalue weighted by Gasteiger charge is 2.14. The number of nitrogens with one attached hydrogen (secondary N) is 1. The molecule has 4 aromatic carbocycles. The zero-order chi connectivity index (χ0) is 19.7. The summed E-state index contributed by atoms with van der Waals surface area (Å²) in [6, 6.07) is 39.8. The van der Waals surface area contributed by atoms with Crippen LogP contribution in [-0.2, 0) is 13.2 Å². The van der Waals surface area contributed by atoms with Crippen LogP contribution in [0.4, 0.5) is 0 Å². The van der Waals surface area contributed by atoms with Crippen LogP contribution >= 0.6 is 0 Å². The van der Waals surface area contributed by atoms with Crippen molar-refractivity contribution in [2.75, 3.05) is 0 Å². The Balaban J connectivity index is 1.51. The maximum absolute atomic E-state index is 6.13. The lowest BCUT2D eigenvalue weighted by Gasteiger charge is -2.21. The Labute approximate surface area is 172 Å². The molecule has 0 saturated heterocycles. The molecule has 0 radical (unpaired) electrons. The third kappa shape index (κ3) is 5.13. The van der Waals surface area contributed by atoms with E-state index >= 15 is 0 Å². The lowest BCUT2D eigenvalue weighted by Crippen LogP contribution is -2.22. The first-order chi connectivity index (χ1) is 14.4. The van der Waals surface area contributed by atoms with Crippen molar-refractivity contribution >= 4 is 0 Å². The van der Waals surface area contributed by atoms with Gasteiger partial charge in [-0.25, -0.2) is 0 Å². The molecule has 0 bridgehead atoms. The van der Waals surface area contributed by atoms with Gasteiger partial charge in [0.1, 0.15) is 12.4 Å². The molecule has 4 rings (SSSR count). The number of ether oxygens (including phenoxy) is 1. The minimum absolute atomic E-state index is 0.125. The first kappa shape index (κ1) is 19.0. The molecule has 0 aliphatic carbocycles. The van der Waals surface area contributed by atoms with E-state index in [9.17, 15) is 0 Å². The van der Waals surface area contributed by atoms with Crippen LogP contribution < -0.4 is 10.1 Å². The van der Waals surface area contributed by atoms with Gasteiger partial charge in [-0.15, -0.1) is 0 Å². The van der Waals surface area contributed by atoms with Crippen molar-refractivity contribution in [2.24, 2.45) is 0 Å². The zero-order valence-corrected chi connectivity index (χ0v) is 16.4.